The number of nitrogens with zero attached hydrogens (tertiary/aromatic N) is 1. The molecule has 0 aliphatic rings. The largest absolute Gasteiger partial charge is 0.383 e. The summed E-state index contributed by atoms with van der Waals surface area (Å²) in [4.78, 5) is 2.46. The van der Waals surface area contributed by atoms with Crippen LogP contribution in [0, 0.1) is 5.41 Å². The molecule has 0 fully saturated rings. The van der Waals surface area contributed by atoms with Gasteiger partial charge in [-0.2, -0.15) is 0 Å². The Morgan fingerprint density at radius 1 is 1.21 bits per heavy atom. The molecule has 1 unspecified atom stereocenters. The highest BCUT2D eigenvalue weighted by molar-refractivity contribution is 4.79. The Bertz CT molecular complexity index is 210. The lowest BCUT2D eigenvalue weighted by atomic mass is 9.92. The third-order valence-corrected chi connectivity index (χ3v) is 3.28. The van der Waals surface area contributed by atoms with Crippen molar-refractivity contribution in [3.8, 4) is 0 Å². The highest BCUT2D eigenvalue weighted by Crippen LogP contribution is 2.17. The van der Waals surface area contributed by atoms with Crippen molar-refractivity contribution in [3.05, 3.63) is 0 Å². The van der Waals surface area contributed by atoms with Gasteiger partial charge in [0.1, 0.15) is 0 Å². The normalized spacial score (nSPS) is 14.1. The van der Waals surface area contributed by atoms with E-state index in [1.807, 2.05) is 0 Å². The summed E-state index contributed by atoms with van der Waals surface area (Å²) in [5, 5.41) is 3.52. The van der Waals surface area contributed by atoms with Crippen molar-refractivity contribution < 1.29 is 9.47 Å². The summed E-state index contributed by atoms with van der Waals surface area (Å²) in [7, 11) is 3.52. The Hall–Kier alpha value is -0.160. The maximum atomic E-state index is 5.28. The molecule has 0 spiro atoms. The van der Waals surface area contributed by atoms with Crippen molar-refractivity contribution in [1.29, 1.82) is 0 Å². The lowest BCUT2D eigenvalue weighted by Gasteiger charge is -2.36. The second-order valence-electron chi connectivity index (χ2n) is 6.11. The molecule has 0 bridgehead atoms. The lowest BCUT2D eigenvalue weighted by Crippen LogP contribution is -2.46. The average Bonchev–Trinajstić information content (AvgIpc) is 2.34. The van der Waals surface area contributed by atoms with Gasteiger partial charge in [0.25, 0.3) is 0 Å². The van der Waals surface area contributed by atoms with E-state index in [1.54, 1.807) is 14.2 Å². The number of hydrogen-bond donors (Lipinski definition) is 1. The average molecular weight is 274 g/mol. The first-order chi connectivity index (χ1) is 8.96. The van der Waals surface area contributed by atoms with Crippen molar-refractivity contribution in [3.63, 3.8) is 0 Å². The third kappa shape index (κ3) is 9.38. The number of rotatable bonds is 12. The molecule has 0 amide bonds. The van der Waals surface area contributed by atoms with Crippen LogP contribution in [-0.2, 0) is 9.47 Å². The first-order valence-electron chi connectivity index (χ1n) is 7.39. The fraction of sp³-hybridized carbons (Fsp3) is 1.00. The van der Waals surface area contributed by atoms with Crippen LogP contribution in [0.25, 0.3) is 0 Å². The van der Waals surface area contributed by atoms with Crippen LogP contribution in [0.3, 0.4) is 0 Å². The summed E-state index contributed by atoms with van der Waals surface area (Å²) in [6.07, 6.45) is 1.18. The van der Waals surface area contributed by atoms with E-state index in [-0.39, 0.29) is 5.41 Å². The van der Waals surface area contributed by atoms with Gasteiger partial charge in [0.15, 0.2) is 0 Å². The Labute approximate surface area is 119 Å². The zero-order valence-corrected chi connectivity index (χ0v) is 13.8. The number of hydrogen-bond acceptors (Lipinski definition) is 4. The minimum atomic E-state index is 0.255. The summed E-state index contributed by atoms with van der Waals surface area (Å²) in [6, 6.07) is 0.422. The molecular formula is C15H34N2O2. The molecule has 0 aliphatic carbocycles. The summed E-state index contributed by atoms with van der Waals surface area (Å²) >= 11 is 0. The molecule has 0 rings (SSSR count). The summed E-state index contributed by atoms with van der Waals surface area (Å²) < 4.78 is 10.5. The SMILES string of the molecule is CCCNCC(C)(C)CN(CCOC)C(C)COC. The van der Waals surface area contributed by atoms with Crippen LogP contribution < -0.4 is 5.32 Å². The van der Waals surface area contributed by atoms with Crippen molar-refractivity contribution in [2.45, 2.75) is 40.2 Å². The van der Waals surface area contributed by atoms with Gasteiger partial charge in [0.2, 0.25) is 0 Å². The molecule has 0 aromatic heterocycles. The standard InChI is InChI=1S/C15H34N2O2/c1-7-8-16-12-15(3,4)13-17(9-10-18-5)14(2)11-19-6/h14,16H,7-13H2,1-6H3. The van der Waals surface area contributed by atoms with Gasteiger partial charge >= 0.3 is 0 Å². The van der Waals surface area contributed by atoms with Crippen molar-refractivity contribution in [1.82, 2.24) is 10.2 Å². The van der Waals surface area contributed by atoms with Crippen LogP contribution in [0.2, 0.25) is 0 Å². The molecular weight excluding hydrogens is 240 g/mol. The molecule has 1 atom stereocenters. The molecule has 116 valence electrons. The molecule has 0 heterocycles. The van der Waals surface area contributed by atoms with Gasteiger partial charge in [-0.1, -0.05) is 20.8 Å². The number of ether oxygens (including phenoxy) is 2. The van der Waals surface area contributed by atoms with E-state index in [9.17, 15) is 0 Å². The van der Waals surface area contributed by atoms with Gasteiger partial charge in [0.05, 0.1) is 13.2 Å². The zero-order valence-electron chi connectivity index (χ0n) is 13.8. The highest BCUT2D eigenvalue weighted by Gasteiger charge is 2.24. The van der Waals surface area contributed by atoms with E-state index in [0.29, 0.717) is 6.04 Å². The van der Waals surface area contributed by atoms with Gasteiger partial charge in [-0.15, -0.1) is 0 Å². The van der Waals surface area contributed by atoms with E-state index in [4.69, 9.17) is 9.47 Å². The minimum Gasteiger partial charge on any atom is -0.383 e. The smallest absolute Gasteiger partial charge is 0.0615 e. The Kier molecular flexibility index (Phi) is 10.5. The molecule has 0 saturated heterocycles. The van der Waals surface area contributed by atoms with E-state index in [0.717, 1.165) is 39.4 Å². The van der Waals surface area contributed by atoms with Crippen LogP contribution in [-0.4, -0.2) is 64.6 Å². The summed E-state index contributed by atoms with van der Waals surface area (Å²) in [5.74, 6) is 0. The van der Waals surface area contributed by atoms with Crippen LogP contribution in [0.1, 0.15) is 34.1 Å². The van der Waals surface area contributed by atoms with Gasteiger partial charge in [-0.05, 0) is 25.3 Å². The quantitative estimate of drug-likeness (QED) is 0.552. The maximum Gasteiger partial charge on any atom is 0.0615 e. The van der Waals surface area contributed by atoms with Gasteiger partial charge < -0.3 is 14.8 Å². The van der Waals surface area contributed by atoms with E-state index in [1.165, 1.54) is 6.42 Å². The van der Waals surface area contributed by atoms with Gasteiger partial charge in [-0.3, -0.25) is 4.90 Å². The monoisotopic (exact) mass is 274 g/mol. The topological polar surface area (TPSA) is 33.7 Å². The van der Waals surface area contributed by atoms with Crippen molar-refractivity contribution in [2.75, 3.05) is 53.6 Å². The van der Waals surface area contributed by atoms with Gasteiger partial charge in [0, 0.05) is 39.9 Å². The van der Waals surface area contributed by atoms with E-state index < -0.39 is 0 Å². The Morgan fingerprint density at radius 2 is 1.89 bits per heavy atom. The maximum absolute atomic E-state index is 5.28. The first kappa shape index (κ1) is 18.8. The van der Waals surface area contributed by atoms with Crippen LogP contribution in [0.15, 0.2) is 0 Å². The van der Waals surface area contributed by atoms with Gasteiger partial charge in [-0.25, -0.2) is 0 Å². The molecule has 4 nitrogen and oxygen atoms in total. The summed E-state index contributed by atoms with van der Waals surface area (Å²) in [5.41, 5.74) is 0.255. The van der Waals surface area contributed by atoms with Crippen molar-refractivity contribution >= 4 is 0 Å². The predicted molar refractivity (Wildman–Crippen MR) is 81.7 cm³/mol. The van der Waals surface area contributed by atoms with E-state index in [2.05, 4.69) is 37.9 Å². The highest BCUT2D eigenvalue weighted by atomic mass is 16.5. The van der Waals surface area contributed by atoms with Crippen molar-refractivity contribution in [2.24, 2.45) is 5.41 Å². The lowest BCUT2D eigenvalue weighted by molar-refractivity contribution is 0.0511. The minimum absolute atomic E-state index is 0.255. The van der Waals surface area contributed by atoms with Crippen LogP contribution in [0.4, 0.5) is 0 Å². The second-order valence-corrected chi connectivity index (χ2v) is 6.11. The number of methoxy groups -OCH3 is 2. The number of nitrogens with one attached hydrogen (secondary N) is 1. The molecule has 0 aromatic carbocycles. The second kappa shape index (κ2) is 10.6. The predicted octanol–water partition coefficient (Wildman–Crippen LogP) is 2.00. The Morgan fingerprint density at radius 3 is 2.42 bits per heavy atom. The molecule has 0 radical (unpaired) electrons. The fourth-order valence-corrected chi connectivity index (χ4v) is 2.22. The molecule has 0 saturated carbocycles. The molecule has 0 aliphatic heterocycles. The van der Waals surface area contributed by atoms with Crippen LogP contribution >= 0.6 is 0 Å². The van der Waals surface area contributed by atoms with Crippen LogP contribution in [0.5, 0.6) is 0 Å². The summed E-state index contributed by atoms with van der Waals surface area (Å²) in [6.45, 7) is 14.7. The molecule has 19 heavy (non-hydrogen) atoms. The molecule has 0 aromatic rings. The molecule has 1 N–H and O–H groups in total. The first-order valence-corrected chi connectivity index (χ1v) is 7.39. The molecule has 4 heteroatoms. The fourth-order valence-electron chi connectivity index (χ4n) is 2.22. The zero-order chi connectivity index (χ0) is 14.7. The van der Waals surface area contributed by atoms with E-state index >= 15 is 0 Å². The Balaban J connectivity index is 4.33. The third-order valence-electron chi connectivity index (χ3n) is 3.28.